The summed E-state index contributed by atoms with van der Waals surface area (Å²) >= 11 is 0. The Labute approximate surface area is 118 Å². The molecule has 106 valence electrons. The predicted molar refractivity (Wildman–Crippen MR) is 83.8 cm³/mol. The van der Waals surface area contributed by atoms with Gasteiger partial charge in [-0.25, -0.2) is 0 Å². The maximum absolute atomic E-state index is 3.73. The molecule has 1 fully saturated rings. The van der Waals surface area contributed by atoms with E-state index in [4.69, 9.17) is 0 Å². The highest BCUT2D eigenvalue weighted by Gasteiger charge is 2.25. The maximum Gasteiger partial charge on any atom is 0.00684 e. The van der Waals surface area contributed by atoms with E-state index in [1.807, 2.05) is 0 Å². The lowest BCUT2D eigenvalue weighted by molar-refractivity contribution is 0.402. The Morgan fingerprint density at radius 2 is 1.79 bits per heavy atom. The quantitative estimate of drug-likeness (QED) is 0.756. The van der Waals surface area contributed by atoms with Crippen LogP contribution in [-0.2, 0) is 0 Å². The molecule has 1 aromatic rings. The van der Waals surface area contributed by atoms with E-state index < -0.39 is 0 Å². The maximum atomic E-state index is 3.73. The van der Waals surface area contributed by atoms with Gasteiger partial charge in [0.2, 0.25) is 0 Å². The molecular weight excluding hydrogens is 230 g/mol. The molecule has 1 saturated carbocycles. The van der Waals surface area contributed by atoms with Gasteiger partial charge >= 0.3 is 0 Å². The SMILES string of the molecule is CCCC(C)C(CNC1CC1)c1cc(C)cc(C)c1. The molecule has 0 spiro atoms. The second kappa shape index (κ2) is 6.56. The van der Waals surface area contributed by atoms with Crippen LogP contribution in [0.2, 0.25) is 0 Å². The zero-order chi connectivity index (χ0) is 13.8. The van der Waals surface area contributed by atoms with E-state index in [1.54, 1.807) is 0 Å². The minimum Gasteiger partial charge on any atom is -0.313 e. The van der Waals surface area contributed by atoms with Gasteiger partial charge in [-0.05, 0) is 44.1 Å². The van der Waals surface area contributed by atoms with Gasteiger partial charge in [0.15, 0.2) is 0 Å². The molecule has 0 heterocycles. The van der Waals surface area contributed by atoms with Crippen molar-refractivity contribution < 1.29 is 0 Å². The van der Waals surface area contributed by atoms with Gasteiger partial charge in [-0.3, -0.25) is 0 Å². The highest BCUT2D eigenvalue weighted by molar-refractivity contribution is 5.31. The van der Waals surface area contributed by atoms with E-state index in [2.05, 4.69) is 51.2 Å². The molecule has 1 aliphatic rings. The summed E-state index contributed by atoms with van der Waals surface area (Å²) in [6, 6.07) is 7.86. The zero-order valence-electron chi connectivity index (χ0n) is 13.0. The summed E-state index contributed by atoms with van der Waals surface area (Å²) in [5.74, 6) is 1.43. The van der Waals surface area contributed by atoms with E-state index >= 15 is 0 Å². The van der Waals surface area contributed by atoms with Gasteiger partial charge in [0.1, 0.15) is 0 Å². The topological polar surface area (TPSA) is 12.0 Å². The summed E-state index contributed by atoms with van der Waals surface area (Å²) in [5, 5.41) is 3.73. The third kappa shape index (κ3) is 4.35. The van der Waals surface area contributed by atoms with Crippen LogP contribution in [0.15, 0.2) is 18.2 Å². The molecule has 0 aromatic heterocycles. The van der Waals surface area contributed by atoms with Crippen molar-refractivity contribution in [2.24, 2.45) is 5.92 Å². The predicted octanol–water partition coefficient (Wildman–Crippen LogP) is 4.58. The number of hydrogen-bond acceptors (Lipinski definition) is 1. The molecule has 1 nitrogen and oxygen atoms in total. The van der Waals surface area contributed by atoms with Crippen LogP contribution in [0.3, 0.4) is 0 Å². The number of hydrogen-bond donors (Lipinski definition) is 1. The summed E-state index contributed by atoms with van der Waals surface area (Å²) in [4.78, 5) is 0. The van der Waals surface area contributed by atoms with Crippen LogP contribution in [-0.4, -0.2) is 12.6 Å². The number of rotatable bonds is 7. The largest absolute Gasteiger partial charge is 0.313 e. The fourth-order valence-electron chi connectivity index (χ4n) is 3.11. The summed E-state index contributed by atoms with van der Waals surface area (Å²) < 4.78 is 0. The van der Waals surface area contributed by atoms with Crippen LogP contribution in [0.4, 0.5) is 0 Å². The van der Waals surface area contributed by atoms with Crippen molar-refractivity contribution in [1.82, 2.24) is 5.32 Å². The van der Waals surface area contributed by atoms with Gasteiger partial charge in [-0.2, -0.15) is 0 Å². The summed E-state index contributed by atoms with van der Waals surface area (Å²) in [6.07, 6.45) is 5.36. The molecule has 0 radical (unpaired) electrons. The minimum atomic E-state index is 0.666. The van der Waals surface area contributed by atoms with Crippen LogP contribution >= 0.6 is 0 Å². The van der Waals surface area contributed by atoms with Crippen molar-refractivity contribution in [3.8, 4) is 0 Å². The molecular formula is C18H29N. The lowest BCUT2D eigenvalue weighted by Crippen LogP contribution is -2.27. The van der Waals surface area contributed by atoms with Gasteiger partial charge < -0.3 is 5.32 Å². The third-order valence-corrected chi connectivity index (χ3v) is 4.31. The van der Waals surface area contributed by atoms with Gasteiger partial charge in [0, 0.05) is 12.6 Å². The molecule has 0 saturated heterocycles. The molecule has 1 aromatic carbocycles. The molecule has 0 bridgehead atoms. The minimum absolute atomic E-state index is 0.666. The van der Waals surface area contributed by atoms with E-state index in [0.717, 1.165) is 18.5 Å². The molecule has 1 heteroatoms. The first-order chi connectivity index (χ1) is 9.10. The first-order valence-electron chi connectivity index (χ1n) is 7.91. The molecule has 0 amide bonds. The summed E-state index contributed by atoms with van der Waals surface area (Å²) in [6.45, 7) is 10.3. The van der Waals surface area contributed by atoms with Crippen LogP contribution in [0.1, 0.15) is 62.1 Å². The van der Waals surface area contributed by atoms with Gasteiger partial charge in [0.05, 0.1) is 0 Å². The van der Waals surface area contributed by atoms with Gasteiger partial charge in [-0.1, -0.05) is 56.0 Å². The van der Waals surface area contributed by atoms with Crippen molar-refractivity contribution in [3.63, 3.8) is 0 Å². The lowest BCUT2D eigenvalue weighted by Gasteiger charge is -2.25. The first-order valence-corrected chi connectivity index (χ1v) is 7.91. The molecule has 2 unspecified atom stereocenters. The van der Waals surface area contributed by atoms with Gasteiger partial charge in [-0.15, -0.1) is 0 Å². The van der Waals surface area contributed by atoms with Crippen molar-refractivity contribution in [1.29, 1.82) is 0 Å². The lowest BCUT2D eigenvalue weighted by atomic mass is 9.83. The normalized spacial score (nSPS) is 18.3. The molecule has 2 rings (SSSR count). The third-order valence-electron chi connectivity index (χ3n) is 4.31. The van der Waals surface area contributed by atoms with Crippen LogP contribution < -0.4 is 5.32 Å². The van der Waals surface area contributed by atoms with Gasteiger partial charge in [0.25, 0.3) is 0 Å². The van der Waals surface area contributed by atoms with E-state index in [1.165, 1.54) is 42.4 Å². The Hall–Kier alpha value is -0.820. The Morgan fingerprint density at radius 3 is 2.32 bits per heavy atom. The number of benzene rings is 1. The molecule has 2 atom stereocenters. The smallest absolute Gasteiger partial charge is 0.00684 e. The Bertz CT molecular complexity index is 386. The average Bonchev–Trinajstić information content (AvgIpc) is 3.12. The van der Waals surface area contributed by atoms with Crippen LogP contribution in [0.5, 0.6) is 0 Å². The molecule has 1 aliphatic carbocycles. The van der Waals surface area contributed by atoms with E-state index in [-0.39, 0.29) is 0 Å². The fraction of sp³-hybridized carbons (Fsp3) is 0.667. The van der Waals surface area contributed by atoms with E-state index in [9.17, 15) is 0 Å². The van der Waals surface area contributed by atoms with Crippen molar-refractivity contribution >= 4 is 0 Å². The summed E-state index contributed by atoms with van der Waals surface area (Å²) in [7, 11) is 0. The standard InChI is InChI=1S/C18H29N/c1-5-6-15(4)18(12-19-17-7-8-17)16-10-13(2)9-14(3)11-16/h9-11,15,17-19H,5-8,12H2,1-4H3. The Balaban J connectivity index is 2.13. The molecule has 19 heavy (non-hydrogen) atoms. The zero-order valence-corrected chi connectivity index (χ0v) is 13.0. The second-order valence-electron chi connectivity index (χ2n) is 6.48. The Morgan fingerprint density at radius 1 is 1.16 bits per heavy atom. The number of nitrogens with one attached hydrogen (secondary N) is 1. The first kappa shape index (κ1) is 14.6. The summed E-state index contributed by atoms with van der Waals surface area (Å²) in [5.41, 5.74) is 4.33. The van der Waals surface area contributed by atoms with Crippen molar-refractivity contribution in [2.45, 2.75) is 65.3 Å². The fourth-order valence-corrected chi connectivity index (χ4v) is 3.11. The second-order valence-corrected chi connectivity index (χ2v) is 6.48. The Kier molecular flexibility index (Phi) is 5.04. The highest BCUT2D eigenvalue weighted by atomic mass is 14.9. The van der Waals surface area contributed by atoms with Crippen LogP contribution in [0, 0.1) is 19.8 Å². The average molecular weight is 259 g/mol. The number of aryl methyl sites for hydroxylation is 2. The van der Waals surface area contributed by atoms with E-state index in [0.29, 0.717) is 5.92 Å². The van der Waals surface area contributed by atoms with Crippen molar-refractivity contribution in [3.05, 3.63) is 34.9 Å². The molecule has 0 aliphatic heterocycles. The van der Waals surface area contributed by atoms with Crippen LogP contribution in [0.25, 0.3) is 0 Å². The monoisotopic (exact) mass is 259 g/mol. The molecule has 1 N–H and O–H groups in total. The highest BCUT2D eigenvalue weighted by Crippen LogP contribution is 2.30. The van der Waals surface area contributed by atoms with Crippen molar-refractivity contribution in [2.75, 3.05) is 6.54 Å².